The summed E-state index contributed by atoms with van der Waals surface area (Å²) in [6.07, 6.45) is 0.810. The van der Waals surface area contributed by atoms with Gasteiger partial charge in [-0.2, -0.15) is 0 Å². The Bertz CT molecular complexity index is 641. The van der Waals surface area contributed by atoms with Gasteiger partial charge in [-0.25, -0.2) is 4.79 Å². The third-order valence-corrected chi connectivity index (χ3v) is 3.16. The minimum atomic E-state index is -1.02. The average Bonchev–Trinajstić information content (AvgIpc) is 2.49. The van der Waals surface area contributed by atoms with Crippen molar-refractivity contribution in [1.82, 2.24) is 0 Å². The number of hydrogen-bond donors (Lipinski definition) is 3. The van der Waals surface area contributed by atoms with Gasteiger partial charge in [0.2, 0.25) is 0 Å². The van der Waals surface area contributed by atoms with Crippen molar-refractivity contribution < 1.29 is 14.6 Å². The molecule has 0 aliphatic heterocycles. The van der Waals surface area contributed by atoms with Gasteiger partial charge >= 0.3 is 5.97 Å². The molecule has 5 nitrogen and oxygen atoms in total. The lowest BCUT2D eigenvalue weighted by Gasteiger charge is -2.09. The van der Waals surface area contributed by atoms with Gasteiger partial charge in [0.05, 0.1) is 12.7 Å². The molecule has 0 aromatic heterocycles. The van der Waals surface area contributed by atoms with Gasteiger partial charge in [0.1, 0.15) is 5.75 Å². The van der Waals surface area contributed by atoms with Crippen molar-refractivity contribution in [2.75, 3.05) is 24.7 Å². The van der Waals surface area contributed by atoms with E-state index in [0.29, 0.717) is 6.54 Å². The molecule has 0 unspecified atom stereocenters. The molecule has 0 radical (unpaired) electrons. The van der Waals surface area contributed by atoms with E-state index in [1.807, 2.05) is 24.3 Å². The zero-order chi connectivity index (χ0) is 15.2. The molecule has 0 aliphatic carbocycles. The highest BCUT2D eigenvalue weighted by molar-refractivity contribution is 5.94. The second-order valence-electron chi connectivity index (χ2n) is 4.64. The van der Waals surface area contributed by atoms with Crippen molar-refractivity contribution in [2.24, 2.45) is 0 Å². The number of carboxylic acid groups (broad SMARTS) is 1. The number of aromatic carboxylic acids is 1. The van der Waals surface area contributed by atoms with Crippen LogP contribution in [0.1, 0.15) is 15.9 Å². The second kappa shape index (κ2) is 6.65. The maximum atomic E-state index is 11.0. The number of carboxylic acids is 1. The van der Waals surface area contributed by atoms with Crippen LogP contribution in [0.25, 0.3) is 0 Å². The molecule has 2 aromatic carbocycles. The minimum Gasteiger partial charge on any atom is -0.497 e. The Labute approximate surface area is 123 Å². The van der Waals surface area contributed by atoms with Crippen molar-refractivity contribution >= 4 is 17.3 Å². The third-order valence-electron chi connectivity index (χ3n) is 3.16. The normalized spacial score (nSPS) is 10.1. The number of nitrogen functional groups attached to an aromatic ring is 1. The zero-order valence-electron chi connectivity index (χ0n) is 11.8. The number of ether oxygens (including phenoxy) is 1. The molecule has 0 spiro atoms. The summed E-state index contributed by atoms with van der Waals surface area (Å²) in [5.41, 5.74) is 7.89. The molecule has 0 saturated carbocycles. The summed E-state index contributed by atoms with van der Waals surface area (Å²) >= 11 is 0. The van der Waals surface area contributed by atoms with Crippen LogP contribution < -0.4 is 15.8 Å². The number of rotatable bonds is 6. The SMILES string of the molecule is COc1cccc(CCNc2ccc(N)c(C(=O)O)c2)c1. The molecule has 21 heavy (non-hydrogen) atoms. The lowest BCUT2D eigenvalue weighted by Crippen LogP contribution is -2.07. The van der Waals surface area contributed by atoms with Gasteiger partial charge in [-0.15, -0.1) is 0 Å². The highest BCUT2D eigenvalue weighted by Crippen LogP contribution is 2.18. The second-order valence-corrected chi connectivity index (χ2v) is 4.64. The number of nitrogens with one attached hydrogen (secondary N) is 1. The third kappa shape index (κ3) is 3.89. The summed E-state index contributed by atoms with van der Waals surface area (Å²) in [6, 6.07) is 12.8. The molecule has 110 valence electrons. The molecule has 5 heteroatoms. The number of methoxy groups -OCH3 is 1. The van der Waals surface area contributed by atoms with Crippen molar-refractivity contribution in [3.63, 3.8) is 0 Å². The molecule has 0 amide bonds. The molecule has 0 saturated heterocycles. The highest BCUT2D eigenvalue weighted by atomic mass is 16.5. The first-order valence-electron chi connectivity index (χ1n) is 6.60. The van der Waals surface area contributed by atoms with E-state index in [-0.39, 0.29) is 11.3 Å². The fourth-order valence-electron chi connectivity index (χ4n) is 2.03. The summed E-state index contributed by atoms with van der Waals surface area (Å²) in [5, 5.41) is 12.2. The number of carbonyl (C=O) groups is 1. The van der Waals surface area contributed by atoms with Gasteiger partial charge in [-0.1, -0.05) is 12.1 Å². The maximum Gasteiger partial charge on any atom is 0.337 e. The van der Waals surface area contributed by atoms with Crippen LogP contribution in [0.15, 0.2) is 42.5 Å². The molecule has 0 atom stereocenters. The number of anilines is 2. The number of benzene rings is 2. The summed E-state index contributed by atoms with van der Waals surface area (Å²) in [4.78, 5) is 11.0. The molecule has 2 aromatic rings. The van der Waals surface area contributed by atoms with E-state index in [1.165, 1.54) is 0 Å². The van der Waals surface area contributed by atoms with Crippen molar-refractivity contribution in [3.8, 4) is 5.75 Å². The van der Waals surface area contributed by atoms with Gasteiger partial charge in [0.25, 0.3) is 0 Å². The minimum absolute atomic E-state index is 0.112. The van der Waals surface area contributed by atoms with E-state index < -0.39 is 5.97 Å². The van der Waals surface area contributed by atoms with Crippen LogP contribution in [0.5, 0.6) is 5.75 Å². The smallest absolute Gasteiger partial charge is 0.337 e. The zero-order valence-corrected chi connectivity index (χ0v) is 11.8. The van der Waals surface area contributed by atoms with Gasteiger partial charge in [-0.05, 0) is 42.3 Å². The Balaban J connectivity index is 1.97. The lowest BCUT2D eigenvalue weighted by molar-refractivity contribution is 0.0698. The molecule has 4 N–H and O–H groups in total. The van der Waals surface area contributed by atoms with Crippen LogP contribution >= 0.6 is 0 Å². The van der Waals surface area contributed by atoms with Gasteiger partial charge in [-0.3, -0.25) is 0 Å². The fourth-order valence-corrected chi connectivity index (χ4v) is 2.03. The first-order valence-corrected chi connectivity index (χ1v) is 6.60. The van der Waals surface area contributed by atoms with Gasteiger partial charge in [0, 0.05) is 17.9 Å². The van der Waals surface area contributed by atoms with Crippen molar-refractivity contribution in [3.05, 3.63) is 53.6 Å². The topological polar surface area (TPSA) is 84.6 Å². The standard InChI is InChI=1S/C16H18N2O3/c1-21-13-4-2-3-11(9-13)7-8-18-12-5-6-15(17)14(10-12)16(19)20/h2-6,9-10,18H,7-8,17H2,1H3,(H,19,20). The molecule has 2 rings (SSSR count). The van der Waals surface area contributed by atoms with E-state index in [2.05, 4.69) is 5.32 Å². The molecule has 0 aliphatic rings. The summed E-state index contributed by atoms with van der Waals surface area (Å²) in [5.74, 6) is -0.197. The van der Waals surface area contributed by atoms with E-state index in [0.717, 1.165) is 23.4 Å². The summed E-state index contributed by atoms with van der Waals surface area (Å²) < 4.78 is 5.18. The maximum absolute atomic E-state index is 11.0. The molecule has 0 heterocycles. The molecule has 0 fully saturated rings. The largest absolute Gasteiger partial charge is 0.497 e. The van der Waals surface area contributed by atoms with Crippen molar-refractivity contribution in [2.45, 2.75) is 6.42 Å². The number of hydrogen-bond acceptors (Lipinski definition) is 4. The van der Waals surface area contributed by atoms with E-state index in [1.54, 1.807) is 25.3 Å². The predicted octanol–water partition coefficient (Wildman–Crippen LogP) is 2.63. The predicted molar refractivity (Wildman–Crippen MR) is 83.0 cm³/mol. The van der Waals surface area contributed by atoms with Crippen LogP contribution in [-0.4, -0.2) is 24.7 Å². The van der Waals surface area contributed by atoms with Crippen LogP contribution in [0.3, 0.4) is 0 Å². The fraction of sp³-hybridized carbons (Fsp3) is 0.188. The Kier molecular flexibility index (Phi) is 4.66. The first-order chi connectivity index (χ1) is 10.1. The van der Waals surface area contributed by atoms with Gasteiger partial charge in [0.15, 0.2) is 0 Å². The quantitative estimate of drug-likeness (QED) is 0.711. The first kappa shape index (κ1) is 14.7. The lowest BCUT2D eigenvalue weighted by atomic mass is 10.1. The molecule has 0 bridgehead atoms. The van der Waals surface area contributed by atoms with Crippen LogP contribution in [0, 0.1) is 0 Å². The Morgan fingerprint density at radius 2 is 2.10 bits per heavy atom. The summed E-state index contributed by atoms with van der Waals surface area (Å²) in [6.45, 7) is 0.691. The van der Waals surface area contributed by atoms with E-state index in [9.17, 15) is 4.79 Å². The monoisotopic (exact) mass is 286 g/mol. The average molecular weight is 286 g/mol. The van der Waals surface area contributed by atoms with E-state index in [4.69, 9.17) is 15.6 Å². The number of nitrogens with two attached hydrogens (primary N) is 1. The van der Waals surface area contributed by atoms with Gasteiger partial charge < -0.3 is 20.9 Å². The van der Waals surface area contributed by atoms with E-state index >= 15 is 0 Å². The van der Waals surface area contributed by atoms with Crippen LogP contribution in [-0.2, 0) is 6.42 Å². The Morgan fingerprint density at radius 1 is 1.29 bits per heavy atom. The molecular formula is C16H18N2O3. The Hall–Kier alpha value is -2.69. The molecular weight excluding hydrogens is 268 g/mol. The van der Waals surface area contributed by atoms with Crippen molar-refractivity contribution in [1.29, 1.82) is 0 Å². The van der Waals surface area contributed by atoms with Crippen LogP contribution in [0.2, 0.25) is 0 Å². The summed E-state index contributed by atoms with van der Waals surface area (Å²) in [7, 11) is 1.64. The Morgan fingerprint density at radius 3 is 2.81 bits per heavy atom. The van der Waals surface area contributed by atoms with Crippen LogP contribution in [0.4, 0.5) is 11.4 Å². The highest BCUT2D eigenvalue weighted by Gasteiger charge is 2.08.